The van der Waals surface area contributed by atoms with E-state index in [-0.39, 0.29) is 0 Å². The Labute approximate surface area is 126 Å². The highest BCUT2D eigenvalue weighted by atomic mass is 35.5. The summed E-state index contributed by atoms with van der Waals surface area (Å²) >= 11 is 5.92. The molecule has 0 bridgehead atoms. The molecular formula is C17H21ClN2. The number of benzene rings is 1. The molecule has 1 aromatic heterocycles. The van der Waals surface area contributed by atoms with Crippen LogP contribution in [0.15, 0.2) is 42.5 Å². The maximum Gasteiger partial charge on any atom is 0.129 e. The first kappa shape index (κ1) is 15.0. The van der Waals surface area contributed by atoms with Gasteiger partial charge in [0.2, 0.25) is 0 Å². The van der Waals surface area contributed by atoms with Crippen LogP contribution in [0.4, 0.5) is 0 Å². The van der Waals surface area contributed by atoms with Gasteiger partial charge in [-0.15, -0.1) is 0 Å². The van der Waals surface area contributed by atoms with Crippen molar-refractivity contribution in [1.82, 2.24) is 9.88 Å². The number of hydrogen-bond donors (Lipinski definition) is 0. The number of nitrogens with zero attached hydrogens (tertiary/aromatic N) is 2. The fourth-order valence-electron chi connectivity index (χ4n) is 2.42. The van der Waals surface area contributed by atoms with E-state index in [4.69, 9.17) is 11.6 Å². The maximum absolute atomic E-state index is 5.92. The predicted molar refractivity (Wildman–Crippen MR) is 84.9 cm³/mol. The number of pyridine rings is 1. The summed E-state index contributed by atoms with van der Waals surface area (Å²) in [5, 5.41) is 0.602. The molecule has 0 unspecified atom stereocenters. The number of aromatic nitrogens is 1. The van der Waals surface area contributed by atoms with Gasteiger partial charge in [-0.1, -0.05) is 61.8 Å². The molecule has 0 aliphatic carbocycles. The topological polar surface area (TPSA) is 16.1 Å². The first-order valence-electron chi connectivity index (χ1n) is 7.22. The van der Waals surface area contributed by atoms with Crippen LogP contribution < -0.4 is 0 Å². The molecule has 0 radical (unpaired) electrons. The molecular weight excluding hydrogens is 268 g/mol. The summed E-state index contributed by atoms with van der Waals surface area (Å²) in [5.41, 5.74) is 3.83. The van der Waals surface area contributed by atoms with Gasteiger partial charge in [-0.3, -0.25) is 4.90 Å². The van der Waals surface area contributed by atoms with Crippen molar-refractivity contribution in [3.8, 4) is 0 Å². The van der Waals surface area contributed by atoms with Crippen LogP contribution in [0.2, 0.25) is 5.15 Å². The minimum Gasteiger partial charge on any atom is -0.294 e. The van der Waals surface area contributed by atoms with Gasteiger partial charge in [0.1, 0.15) is 5.15 Å². The molecule has 0 spiro atoms. The van der Waals surface area contributed by atoms with E-state index >= 15 is 0 Å². The minimum absolute atomic E-state index is 0.602. The Morgan fingerprint density at radius 3 is 2.60 bits per heavy atom. The Morgan fingerprint density at radius 1 is 1.10 bits per heavy atom. The molecule has 0 amide bonds. The molecule has 2 nitrogen and oxygen atoms in total. The summed E-state index contributed by atoms with van der Waals surface area (Å²) in [6.07, 6.45) is 0.989. The Balaban J connectivity index is 0.000000704. The number of halogens is 1. The van der Waals surface area contributed by atoms with Crippen LogP contribution >= 0.6 is 11.6 Å². The third kappa shape index (κ3) is 3.81. The number of fused-ring (bicyclic) bond motifs is 1. The Bertz CT molecular complexity index is 540. The molecule has 106 valence electrons. The Morgan fingerprint density at radius 2 is 1.85 bits per heavy atom. The molecule has 2 heterocycles. The molecule has 3 heteroatoms. The standard InChI is InChI=1S/C15H15ClN2.C2H6/c16-15-7-6-13-11-18(9-8-14(13)17-15)10-12-4-2-1-3-5-12;1-2/h1-7H,8-11H2;1-2H3. The molecule has 0 saturated carbocycles. The number of hydrogen-bond acceptors (Lipinski definition) is 2. The quantitative estimate of drug-likeness (QED) is 0.765. The summed E-state index contributed by atoms with van der Waals surface area (Å²) in [5.74, 6) is 0. The van der Waals surface area contributed by atoms with E-state index in [2.05, 4.69) is 46.3 Å². The highest BCUT2D eigenvalue weighted by Crippen LogP contribution is 2.20. The number of rotatable bonds is 2. The normalized spacial score (nSPS) is 14.2. The van der Waals surface area contributed by atoms with E-state index in [1.165, 1.54) is 11.1 Å². The van der Waals surface area contributed by atoms with Crippen molar-refractivity contribution < 1.29 is 0 Å². The van der Waals surface area contributed by atoms with Crippen LogP contribution in [-0.4, -0.2) is 16.4 Å². The van der Waals surface area contributed by atoms with Crippen molar-refractivity contribution in [2.45, 2.75) is 33.4 Å². The van der Waals surface area contributed by atoms with Gasteiger partial charge in [-0.05, 0) is 17.2 Å². The fraction of sp³-hybridized carbons (Fsp3) is 0.353. The van der Waals surface area contributed by atoms with Crippen LogP contribution in [0.25, 0.3) is 0 Å². The van der Waals surface area contributed by atoms with Gasteiger partial charge in [0, 0.05) is 31.7 Å². The maximum atomic E-state index is 5.92. The molecule has 1 aliphatic rings. The lowest BCUT2D eigenvalue weighted by Gasteiger charge is -2.28. The SMILES string of the molecule is CC.Clc1ccc2c(n1)CCN(Cc1ccccc1)C2. The van der Waals surface area contributed by atoms with Crippen molar-refractivity contribution in [3.63, 3.8) is 0 Å². The van der Waals surface area contributed by atoms with Crippen molar-refractivity contribution in [1.29, 1.82) is 0 Å². The zero-order chi connectivity index (χ0) is 14.4. The van der Waals surface area contributed by atoms with E-state index < -0.39 is 0 Å². The highest BCUT2D eigenvalue weighted by Gasteiger charge is 2.17. The van der Waals surface area contributed by atoms with Gasteiger partial charge in [0.15, 0.2) is 0 Å². The van der Waals surface area contributed by atoms with Gasteiger partial charge in [-0.2, -0.15) is 0 Å². The van der Waals surface area contributed by atoms with Gasteiger partial charge >= 0.3 is 0 Å². The highest BCUT2D eigenvalue weighted by molar-refractivity contribution is 6.29. The molecule has 2 aromatic rings. The lowest BCUT2D eigenvalue weighted by Crippen LogP contribution is -2.30. The van der Waals surface area contributed by atoms with Crippen LogP contribution in [0.1, 0.15) is 30.7 Å². The second-order valence-electron chi connectivity index (χ2n) is 4.69. The lowest BCUT2D eigenvalue weighted by molar-refractivity contribution is 0.243. The zero-order valence-electron chi connectivity index (χ0n) is 12.1. The summed E-state index contributed by atoms with van der Waals surface area (Å²) in [7, 11) is 0. The van der Waals surface area contributed by atoms with Gasteiger partial charge < -0.3 is 0 Å². The van der Waals surface area contributed by atoms with Gasteiger partial charge in [0.25, 0.3) is 0 Å². The summed E-state index contributed by atoms with van der Waals surface area (Å²) < 4.78 is 0. The summed E-state index contributed by atoms with van der Waals surface area (Å²) in [4.78, 5) is 6.85. The Kier molecular flexibility index (Phi) is 5.57. The molecule has 0 saturated heterocycles. The van der Waals surface area contributed by atoms with E-state index in [1.54, 1.807) is 0 Å². The summed E-state index contributed by atoms with van der Waals surface area (Å²) in [6.45, 7) is 7.02. The molecule has 0 atom stereocenters. The molecule has 0 N–H and O–H groups in total. The summed E-state index contributed by atoms with van der Waals surface area (Å²) in [6, 6.07) is 14.6. The minimum atomic E-state index is 0.602. The second-order valence-corrected chi connectivity index (χ2v) is 5.07. The molecule has 1 aromatic carbocycles. The monoisotopic (exact) mass is 288 g/mol. The lowest BCUT2D eigenvalue weighted by atomic mass is 10.1. The zero-order valence-corrected chi connectivity index (χ0v) is 12.9. The molecule has 0 fully saturated rings. The second kappa shape index (κ2) is 7.41. The van der Waals surface area contributed by atoms with E-state index in [1.807, 2.05) is 19.9 Å². The van der Waals surface area contributed by atoms with Crippen LogP contribution in [0, 0.1) is 0 Å². The predicted octanol–water partition coefficient (Wildman–Crippen LogP) is 4.32. The first-order chi connectivity index (χ1) is 9.81. The fourth-order valence-corrected chi connectivity index (χ4v) is 2.59. The van der Waals surface area contributed by atoms with Gasteiger partial charge in [-0.25, -0.2) is 4.98 Å². The third-order valence-corrected chi connectivity index (χ3v) is 3.55. The Hall–Kier alpha value is -1.38. The largest absolute Gasteiger partial charge is 0.294 e. The van der Waals surface area contributed by atoms with Crippen molar-refractivity contribution >= 4 is 11.6 Å². The molecule has 3 rings (SSSR count). The van der Waals surface area contributed by atoms with Crippen LogP contribution in [-0.2, 0) is 19.5 Å². The molecule has 20 heavy (non-hydrogen) atoms. The molecule has 1 aliphatic heterocycles. The van der Waals surface area contributed by atoms with E-state index in [0.717, 1.165) is 31.7 Å². The third-order valence-electron chi connectivity index (χ3n) is 3.34. The van der Waals surface area contributed by atoms with E-state index in [0.29, 0.717) is 5.15 Å². The van der Waals surface area contributed by atoms with Gasteiger partial charge in [0.05, 0.1) is 0 Å². The van der Waals surface area contributed by atoms with Crippen molar-refractivity contribution in [2.24, 2.45) is 0 Å². The average Bonchev–Trinajstić information content (AvgIpc) is 2.50. The van der Waals surface area contributed by atoms with Crippen LogP contribution in [0.3, 0.4) is 0 Å². The van der Waals surface area contributed by atoms with Crippen molar-refractivity contribution in [3.05, 3.63) is 64.4 Å². The van der Waals surface area contributed by atoms with Crippen molar-refractivity contribution in [2.75, 3.05) is 6.54 Å². The average molecular weight is 289 g/mol. The van der Waals surface area contributed by atoms with Crippen LogP contribution in [0.5, 0.6) is 0 Å². The first-order valence-corrected chi connectivity index (χ1v) is 7.59. The smallest absolute Gasteiger partial charge is 0.129 e. The van der Waals surface area contributed by atoms with E-state index in [9.17, 15) is 0 Å².